The van der Waals surface area contributed by atoms with Crippen LogP contribution in [0.2, 0.25) is 0 Å². The van der Waals surface area contributed by atoms with Gasteiger partial charge in [0.15, 0.2) is 0 Å². The summed E-state index contributed by atoms with van der Waals surface area (Å²) in [4.78, 5) is 15.4. The van der Waals surface area contributed by atoms with Crippen LogP contribution < -0.4 is 4.90 Å². The third-order valence-electron chi connectivity index (χ3n) is 2.73. The van der Waals surface area contributed by atoms with Gasteiger partial charge in [-0.05, 0) is 12.8 Å². The Labute approximate surface area is 105 Å². The van der Waals surface area contributed by atoms with Gasteiger partial charge >= 0.3 is 6.01 Å². The normalized spacial score (nSPS) is 15.3. The van der Waals surface area contributed by atoms with E-state index in [1.165, 1.54) is 0 Å². The molecule has 1 aromatic rings. The second-order valence-corrected chi connectivity index (χ2v) is 4.32. The van der Waals surface area contributed by atoms with Crippen LogP contribution in [-0.4, -0.2) is 47.7 Å². The third kappa shape index (κ3) is 2.88. The summed E-state index contributed by atoms with van der Waals surface area (Å²) in [6, 6.07) is 0.327. The van der Waals surface area contributed by atoms with Gasteiger partial charge in [0.1, 0.15) is 12.4 Å². The first kappa shape index (κ1) is 12.2. The Morgan fingerprint density at radius 2 is 2.18 bits per heavy atom. The molecule has 1 fully saturated rings. The van der Waals surface area contributed by atoms with Crippen molar-refractivity contribution in [2.75, 3.05) is 31.6 Å². The predicted molar refractivity (Wildman–Crippen MR) is 62.9 cm³/mol. The second kappa shape index (κ2) is 5.35. The van der Waals surface area contributed by atoms with E-state index in [1.54, 1.807) is 11.9 Å². The maximum absolute atomic E-state index is 11.9. The number of carbonyl (C=O) groups is 1. The number of hydrogen-bond acceptors (Lipinski definition) is 5. The summed E-state index contributed by atoms with van der Waals surface area (Å²) >= 11 is 5.56. The van der Waals surface area contributed by atoms with Crippen molar-refractivity contribution in [3.63, 3.8) is 0 Å². The number of nitrogens with zero attached hydrogens (tertiary/aromatic N) is 4. The molecule has 1 saturated heterocycles. The lowest BCUT2D eigenvalue weighted by atomic mass is 10.4. The summed E-state index contributed by atoms with van der Waals surface area (Å²) in [5, 5.41) is 7.57. The van der Waals surface area contributed by atoms with Crippen LogP contribution in [0.25, 0.3) is 0 Å². The fourth-order valence-corrected chi connectivity index (χ4v) is 1.90. The van der Waals surface area contributed by atoms with Crippen molar-refractivity contribution in [2.45, 2.75) is 18.7 Å². The minimum absolute atomic E-state index is 0.0932. The minimum Gasteiger partial charge on any atom is -0.407 e. The number of likely N-dealkylation sites (N-methyl/N-ethyl adjacent to an activating group) is 1. The molecule has 1 aliphatic rings. The molecule has 17 heavy (non-hydrogen) atoms. The first-order chi connectivity index (χ1) is 8.20. The fourth-order valence-electron chi connectivity index (χ4n) is 1.79. The Kier molecular flexibility index (Phi) is 3.83. The highest BCUT2D eigenvalue weighted by molar-refractivity contribution is 6.16. The molecule has 7 heteroatoms. The van der Waals surface area contributed by atoms with Crippen molar-refractivity contribution in [3.05, 3.63) is 5.89 Å². The summed E-state index contributed by atoms with van der Waals surface area (Å²) in [6.07, 6.45) is 2.18. The van der Waals surface area contributed by atoms with E-state index in [2.05, 4.69) is 10.2 Å². The average molecular weight is 259 g/mol. The van der Waals surface area contributed by atoms with Crippen LogP contribution in [0.1, 0.15) is 18.7 Å². The standard InChI is InChI=1S/C10H15ClN4O2/c1-14(10-13-12-8(6-11)17-10)7-9(16)15-4-2-3-5-15/h2-7H2,1H3. The summed E-state index contributed by atoms with van der Waals surface area (Å²) in [5.74, 6) is 0.638. The zero-order chi connectivity index (χ0) is 12.3. The van der Waals surface area contributed by atoms with Gasteiger partial charge in [-0.25, -0.2) is 0 Å². The van der Waals surface area contributed by atoms with Crippen LogP contribution in [0.15, 0.2) is 4.42 Å². The van der Waals surface area contributed by atoms with Crippen molar-refractivity contribution in [3.8, 4) is 0 Å². The van der Waals surface area contributed by atoms with E-state index in [-0.39, 0.29) is 18.3 Å². The molecule has 6 nitrogen and oxygen atoms in total. The number of halogens is 1. The number of hydrogen-bond donors (Lipinski definition) is 0. The zero-order valence-corrected chi connectivity index (χ0v) is 10.5. The Bertz CT molecular complexity index is 389. The van der Waals surface area contributed by atoms with Crippen LogP contribution in [-0.2, 0) is 10.7 Å². The van der Waals surface area contributed by atoms with E-state index in [1.807, 2.05) is 4.90 Å². The Morgan fingerprint density at radius 1 is 1.47 bits per heavy atom. The topological polar surface area (TPSA) is 62.5 Å². The lowest BCUT2D eigenvalue weighted by Crippen LogP contribution is -2.37. The highest BCUT2D eigenvalue weighted by Gasteiger charge is 2.21. The molecule has 0 atom stereocenters. The number of likely N-dealkylation sites (tertiary alicyclic amines) is 1. The molecule has 1 aliphatic heterocycles. The van der Waals surface area contributed by atoms with Gasteiger partial charge < -0.3 is 14.2 Å². The van der Waals surface area contributed by atoms with Gasteiger partial charge in [0, 0.05) is 20.1 Å². The molecule has 1 amide bonds. The van der Waals surface area contributed by atoms with E-state index in [0.717, 1.165) is 25.9 Å². The van der Waals surface area contributed by atoms with Gasteiger partial charge in [0.2, 0.25) is 11.8 Å². The molecular weight excluding hydrogens is 244 g/mol. The Morgan fingerprint density at radius 3 is 2.76 bits per heavy atom. The Balaban J connectivity index is 1.91. The van der Waals surface area contributed by atoms with Crippen LogP contribution >= 0.6 is 11.6 Å². The second-order valence-electron chi connectivity index (χ2n) is 4.06. The molecule has 0 N–H and O–H groups in total. The molecular formula is C10H15ClN4O2. The molecule has 0 spiro atoms. The molecule has 1 aromatic heterocycles. The van der Waals surface area contributed by atoms with E-state index in [9.17, 15) is 4.79 Å². The molecule has 2 heterocycles. The van der Waals surface area contributed by atoms with Gasteiger partial charge in [-0.2, -0.15) is 0 Å². The van der Waals surface area contributed by atoms with E-state index >= 15 is 0 Å². The smallest absolute Gasteiger partial charge is 0.318 e. The number of carbonyl (C=O) groups excluding carboxylic acids is 1. The highest BCUT2D eigenvalue weighted by Crippen LogP contribution is 2.13. The van der Waals surface area contributed by atoms with Gasteiger partial charge in [-0.1, -0.05) is 5.10 Å². The van der Waals surface area contributed by atoms with Gasteiger partial charge in [-0.3, -0.25) is 4.79 Å². The molecule has 94 valence electrons. The molecule has 0 bridgehead atoms. The monoisotopic (exact) mass is 258 g/mol. The summed E-state index contributed by atoms with van der Waals surface area (Å²) < 4.78 is 5.26. The summed E-state index contributed by atoms with van der Waals surface area (Å²) in [6.45, 7) is 1.96. The van der Waals surface area contributed by atoms with Crippen LogP contribution in [0.3, 0.4) is 0 Å². The molecule has 0 aromatic carbocycles. The summed E-state index contributed by atoms with van der Waals surface area (Å²) in [7, 11) is 1.75. The number of aromatic nitrogens is 2. The fraction of sp³-hybridized carbons (Fsp3) is 0.700. The first-order valence-corrected chi connectivity index (χ1v) is 6.11. The predicted octanol–water partition coefficient (Wildman–Crippen LogP) is 0.867. The third-order valence-corrected chi connectivity index (χ3v) is 2.96. The molecule has 0 radical (unpaired) electrons. The maximum atomic E-state index is 11.9. The highest BCUT2D eigenvalue weighted by atomic mass is 35.5. The molecule has 2 rings (SSSR count). The van der Waals surface area contributed by atoms with Crippen LogP contribution in [0.4, 0.5) is 6.01 Å². The van der Waals surface area contributed by atoms with Crippen molar-refractivity contribution >= 4 is 23.5 Å². The van der Waals surface area contributed by atoms with E-state index < -0.39 is 0 Å². The molecule has 0 aliphatic carbocycles. The lowest BCUT2D eigenvalue weighted by Gasteiger charge is -2.19. The number of amides is 1. The average Bonchev–Trinajstić information content (AvgIpc) is 3.00. The van der Waals surface area contributed by atoms with E-state index in [4.69, 9.17) is 16.0 Å². The van der Waals surface area contributed by atoms with Gasteiger partial charge in [0.25, 0.3) is 0 Å². The van der Waals surface area contributed by atoms with Crippen molar-refractivity contribution in [2.24, 2.45) is 0 Å². The number of rotatable bonds is 4. The van der Waals surface area contributed by atoms with E-state index in [0.29, 0.717) is 11.9 Å². The van der Waals surface area contributed by atoms with Gasteiger partial charge in [-0.15, -0.1) is 16.7 Å². The molecule has 0 unspecified atom stereocenters. The Hall–Kier alpha value is -1.30. The quantitative estimate of drug-likeness (QED) is 0.750. The van der Waals surface area contributed by atoms with Crippen LogP contribution in [0.5, 0.6) is 0 Å². The summed E-state index contributed by atoms with van der Waals surface area (Å²) in [5.41, 5.74) is 0. The minimum atomic E-state index is 0.0932. The SMILES string of the molecule is CN(CC(=O)N1CCCC1)c1nnc(CCl)o1. The number of anilines is 1. The van der Waals surface area contributed by atoms with Crippen molar-refractivity contribution < 1.29 is 9.21 Å². The number of alkyl halides is 1. The van der Waals surface area contributed by atoms with Crippen LogP contribution in [0, 0.1) is 0 Å². The zero-order valence-electron chi connectivity index (χ0n) is 9.73. The van der Waals surface area contributed by atoms with Crippen molar-refractivity contribution in [1.82, 2.24) is 15.1 Å². The maximum Gasteiger partial charge on any atom is 0.318 e. The van der Waals surface area contributed by atoms with Crippen molar-refractivity contribution in [1.29, 1.82) is 0 Å². The van der Waals surface area contributed by atoms with Gasteiger partial charge in [0.05, 0.1) is 0 Å². The lowest BCUT2D eigenvalue weighted by molar-refractivity contribution is -0.128. The molecule has 0 saturated carbocycles. The first-order valence-electron chi connectivity index (χ1n) is 5.58. The largest absolute Gasteiger partial charge is 0.407 e.